The highest BCUT2D eigenvalue weighted by atomic mass is 32.1. The van der Waals surface area contributed by atoms with Crippen LogP contribution in [0.4, 0.5) is 0 Å². The molecule has 2 rings (SSSR count). The van der Waals surface area contributed by atoms with Gasteiger partial charge in [0.05, 0.1) is 5.39 Å². The van der Waals surface area contributed by atoms with Gasteiger partial charge in [-0.1, -0.05) is 0 Å². The molecule has 2 aromatic rings. The van der Waals surface area contributed by atoms with Crippen molar-refractivity contribution in [3.63, 3.8) is 0 Å². The van der Waals surface area contributed by atoms with Crippen molar-refractivity contribution >= 4 is 27.4 Å². The Balaban J connectivity index is 2.06. The van der Waals surface area contributed by atoms with E-state index in [-0.39, 0.29) is 12.0 Å². The van der Waals surface area contributed by atoms with E-state index < -0.39 is 5.97 Å². The molecule has 2 aromatic heterocycles. The van der Waals surface area contributed by atoms with E-state index in [2.05, 4.69) is 0 Å². The van der Waals surface area contributed by atoms with Gasteiger partial charge in [-0.2, -0.15) is 0 Å². The maximum Gasteiger partial charge on any atom is 0.303 e. The summed E-state index contributed by atoms with van der Waals surface area (Å²) in [7, 11) is 0. The van der Waals surface area contributed by atoms with Gasteiger partial charge in [0, 0.05) is 23.9 Å². The third kappa shape index (κ3) is 2.74. The second-order valence-corrected chi connectivity index (χ2v) is 4.81. The van der Waals surface area contributed by atoms with Gasteiger partial charge in [-0.05, 0) is 30.4 Å². The SMILES string of the molecule is O=C(O)CCCCn1ccc2sccc2c1=O. The molecule has 0 amide bonds. The van der Waals surface area contributed by atoms with Crippen molar-refractivity contribution in [3.8, 4) is 0 Å². The first-order valence-electron chi connectivity index (χ1n) is 5.47. The molecule has 5 heteroatoms. The molecule has 0 unspecified atom stereocenters. The largest absolute Gasteiger partial charge is 0.481 e. The van der Waals surface area contributed by atoms with Crippen molar-refractivity contribution in [3.05, 3.63) is 34.1 Å². The zero-order chi connectivity index (χ0) is 12.3. The Morgan fingerprint density at radius 3 is 2.94 bits per heavy atom. The number of carboxylic acids is 1. The standard InChI is InChI=1S/C12H13NO3S/c14-11(15)3-1-2-6-13-7-4-10-9(12(13)16)5-8-17-10/h4-5,7-8H,1-3,6H2,(H,14,15). The van der Waals surface area contributed by atoms with Crippen molar-refractivity contribution in [2.75, 3.05) is 0 Å². The lowest BCUT2D eigenvalue weighted by Gasteiger charge is -2.04. The fraction of sp³-hybridized carbons (Fsp3) is 0.333. The molecule has 0 saturated carbocycles. The van der Waals surface area contributed by atoms with Crippen LogP contribution in [0.5, 0.6) is 0 Å². The zero-order valence-corrected chi connectivity index (χ0v) is 10.1. The van der Waals surface area contributed by atoms with E-state index in [0.29, 0.717) is 19.4 Å². The third-order valence-corrected chi connectivity index (χ3v) is 3.51. The van der Waals surface area contributed by atoms with Crippen molar-refractivity contribution in [1.82, 2.24) is 4.57 Å². The number of aryl methyl sites for hydroxylation is 1. The van der Waals surface area contributed by atoms with E-state index in [9.17, 15) is 9.59 Å². The molecule has 17 heavy (non-hydrogen) atoms. The first-order valence-corrected chi connectivity index (χ1v) is 6.35. The second-order valence-electron chi connectivity index (χ2n) is 3.86. The van der Waals surface area contributed by atoms with E-state index in [1.165, 1.54) is 0 Å². The summed E-state index contributed by atoms with van der Waals surface area (Å²) >= 11 is 1.55. The molecule has 0 fully saturated rings. The summed E-state index contributed by atoms with van der Waals surface area (Å²) in [6, 6.07) is 3.76. The molecule has 0 bridgehead atoms. The number of pyridine rings is 1. The number of hydrogen-bond acceptors (Lipinski definition) is 3. The Bertz CT molecular complexity index is 585. The van der Waals surface area contributed by atoms with Crippen LogP contribution in [0.3, 0.4) is 0 Å². The Labute approximate surface area is 102 Å². The number of aliphatic carboxylic acids is 1. The summed E-state index contributed by atoms with van der Waals surface area (Å²) in [6.07, 6.45) is 3.25. The van der Waals surface area contributed by atoms with Crippen LogP contribution in [0.15, 0.2) is 28.5 Å². The topological polar surface area (TPSA) is 59.3 Å². The van der Waals surface area contributed by atoms with Crippen LogP contribution in [-0.2, 0) is 11.3 Å². The number of aromatic nitrogens is 1. The van der Waals surface area contributed by atoms with Crippen LogP contribution in [0.2, 0.25) is 0 Å². The lowest BCUT2D eigenvalue weighted by molar-refractivity contribution is -0.137. The molecular formula is C12H13NO3S. The van der Waals surface area contributed by atoms with Crippen molar-refractivity contribution in [1.29, 1.82) is 0 Å². The number of unbranched alkanes of at least 4 members (excludes halogenated alkanes) is 1. The minimum absolute atomic E-state index is 0.0130. The van der Waals surface area contributed by atoms with Gasteiger partial charge in [0.25, 0.3) is 5.56 Å². The number of hydrogen-bond donors (Lipinski definition) is 1. The summed E-state index contributed by atoms with van der Waals surface area (Å²) in [6.45, 7) is 0.581. The minimum Gasteiger partial charge on any atom is -0.481 e. The van der Waals surface area contributed by atoms with E-state index >= 15 is 0 Å². The maximum absolute atomic E-state index is 12.0. The molecule has 2 heterocycles. The molecule has 0 aliphatic rings. The van der Waals surface area contributed by atoms with Gasteiger partial charge in [-0.3, -0.25) is 9.59 Å². The molecule has 90 valence electrons. The van der Waals surface area contributed by atoms with Crippen molar-refractivity contribution < 1.29 is 9.90 Å². The van der Waals surface area contributed by atoms with Gasteiger partial charge < -0.3 is 9.67 Å². The molecule has 0 aromatic carbocycles. The first kappa shape index (κ1) is 11.9. The van der Waals surface area contributed by atoms with Crippen LogP contribution in [0.1, 0.15) is 19.3 Å². The molecular weight excluding hydrogens is 238 g/mol. The number of carboxylic acid groups (broad SMARTS) is 1. The lowest BCUT2D eigenvalue weighted by Crippen LogP contribution is -2.18. The van der Waals surface area contributed by atoms with Crippen LogP contribution in [0.25, 0.3) is 10.1 Å². The van der Waals surface area contributed by atoms with Crippen molar-refractivity contribution in [2.24, 2.45) is 0 Å². The zero-order valence-electron chi connectivity index (χ0n) is 9.26. The summed E-state index contributed by atoms with van der Waals surface area (Å²) in [4.78, 5) is 22.3. The number of fused-ring (bicyclic) bond motifs is 1. The van der Waals surface area contributed by atoms with Crippen LogP contribution < -0.4 is 5.56 Å². The molecule has 0 saturated heterocycles. The molecule has 0 spiro atoms. The van der Waals surface area contributed by atoms with E-state index in [1.807, 2.05) is 17.5 Å². The first-order chi connectivity index (χ1) is 8.18. The van der Waals surface area contributed by atoms with Crippen LogP contribution in [0, 0.1) is 0 Å². The molecule has 4 nitrogen and oxygen atoms in total. The fourth-order valence-electron chi connectivity index (χ4n) is 1.74. The number of carbonyl (C=O) groups is 1. The average Bonchev–Trinajstić information content (AvgIpc) is 2.75. The van der Waals surface area contributed by atoms with Gasteiger partial charge in [-0.25, -0.2) is 0 Å². The molecule has 0 aliphatic carbocycles. The van der Waals surface area contributed by atoms with Gasteiger partial charge in [0.15, 0.2) is 0 Å². The monoisotopic (exact) mass is 251 g/mol. The number of rotatable bonds is 5. The Morgan fingerprint density at radius 2 is 2.18 bits per heavy atom. The van der Waals surface area contributed by atoms with Gasteiger partial charge in [0.1, 0.15) is 0 Å². The highest BCUT2D eigenvalue weighted by Crippen LogP contribution is 2.16. The molecule has 0 atom stereocenters. The smallest absolute Gasteiger partial charge is 0.303 e. The van der Waals surface area contributed by atoms with Crippen molar-refractivity contribution in [2.45, 2.75) is 25.8 Å². The number of thiophene rings is 1. The number of nitrogens with zero attached hydrogens (tertiary/aromatic N) is 1. The Kier molecular flexibility index (Phi) is 3.58. The summed E-state index contributed by atoms with van der Waals surface area (Å²) in [5, 5.41) is 11.2. The highest BCUT2D eigenvalue weighted by Gasteiger charge is 2.03. The second kappa shape index (κ2) is 5.14. The van der Waals surface area contributed by atoms with E-state index in [0.717, 1.165) is 10.1 Å². The van der Waals surface area contributed by atoms with Gasteiger partial charge >= 0.3 is 5.97 Å². The maximum atomic E-state index is 12.0. The van der Waals surface area contributed by atoms with Gasteiger partial charge in [-0.15, -0.1) is 11.3 Å². The van der Waals surface area contributed by atoms with E-state index in [1.54, 1.807) is 22.1 Å². The van der Waals surface area contributed by atoms with Gasteiger partial charge in [0.2, 0.25) is 0 Å². The predicted octanol–water partition coefficient (Wildman–Crippen LogP) is 2.32. The molecule has 0 aliphatic heterocycles. The summed E-state index contributed by atoms with van der Waals surface area (Å²) in [5.74, 6) is -0.786. The van der Waals surface area contributed by atoms with Crippen LogP contribution >= 0.6 is 11.3 Å². The molecule has 1 N–H and O–H groups in total. The summed E-state index contributed by atoms with van der Waals surface area (Å²) < 4.78 is 2.65. The third-order valence-electron chi connectivity index (χ3n) is 2.63. The van der Waals surface area contributed by atoms with E-state index in [4.69, 9.17) is 5.11 Å². The average molecular weight is 251 g/mol. The minimum atomic E-state index is -0.786. The molecule has 0 radical (unpaired) electrons. The fourth-order valence-corrected chi connectivity index (χ4v) is 2.51. The highest BCUT2D eigenvalue weighted by molar-refractivity contribution is 7.17. The Morgan fingerprint density at radius 1 is 1.35 bits per heavy atom. The summed E-state index contributed by atoms with van der Waals surface area (Å²) in [5.41, 5.74) is 0.0130. The normalized spacial score (nSPS) is 10.8. The lowest BCUT2D eigenvalue weighted by atomic mass is 10.2. The quantitative estimate of drug-likeness (QED) is 0.830. The Hall–Kier alpha value is -1.62. The van der Waals surface area contributed by atoms with Crippen LogP contribution in [-0.4, -0.2) is 15.6 Å². The predicted molar refractivity (Wildman–Crippen MR) is 67.6 cm³/mol.